The summed E-state index contributed by atoms with van der Waals surface area (Å²) in [6, 6.07) is 9.99. The Hall–Kier alpha value is -2.31. The van der Waals surface area contributed by atoms with Gasteiger partial charge in [-0.05, 0) is 23.6 Å². The van der Waals surface area contributed by atoms with Gasteiger partial charge < -0.3 is 14.9 Å². The second-order valence-electron chi connectivity index (χ2n) is 4.69. The Kier molecular flexibility index (Phi) is 2.90. The summed E-state index contributed by atoms with van der Waals surface area (Å²) in [5, 5.41) is 3.03. The molecule has 2 aromatic heterocycles. The van der Waals surface area contributed by atoms with Crippen LogP contribution in [0.25, 0.3) is 21.3 Å². The highest BCUT2D eigenvalue weighted by Crippen LogP contribution is 2.38. The zero-order chi connectivity index (χ0) is 14.2. The van der Waals surface area contributed by atoms with Crippen molar-refractivity contribution in [1.29, 1.82) is 0 Å². The third-order valence-corrected chi connectivity index (χ3v) is 4.31. The fraction of sp³-hybridized carbons (Fsp3) is 0.133. The molecule has 0 unspecified atom stereocenters. The third kappa shape index (κ3) is 2.09. The number of fused-ring (bicyclic) bond motifs is 2. The highest BCUT2D eigenvalue weighted by molar-refractivity contribution is 7.13. The minimum Gasteiger partial charge on any atom is -0.486 e. The molecule has 21 heavy (non-hydrogen) atoms. The number of ether oxygens (including phenoxy) is 2. The van der Waals surface area contributed by atoms with Gasteiger partial charge in [-0.3, -0.25) is 0 Å². The van der Waals surface area contributed by atoms with Gasteiger partial charge in [0.25, 0.3) is 0 Å². The summed E-state index contributed by atoms with van der Waals surface area (Å²) < 4.78 is 11.2. The van der Waals surface area contributed by atoms with Crippen LogP contribution in [0, 0.1) is 0 Å². The van der Waals surface area contributed by atoms with Crippen LogP contribution in [-0.2, 0) is 0 Å². The van der Waals surface area contributed by atoms with Gasteiger partial charge in [-0.2, -0.15) is 0 Å². The summed E-state index contributed by atoms with van der Waals surface area (Å²) >= 11 is 1.65. The molecule has 0 spiro atoms. The van der Waals surface area contributed by atoms with Crippen molar-refractivity contribution in [3.8, 4) is 21.9 Å². The Bertz CT molecular complexity index is 802. The van der Waals surface area contributed by atoms with E-state index >= 15 is 0 Å². The minimum atomic E-state index is 0.563. The van der Waals surface area contributed by atoms with Gasteiger partial charge in [0.05, 0.1) is 5.52 Å². The molecule has 0 radical (unpaired) electrons. The first-order valence-electron chi connectivity index (χ1n) is 6.60. The monoisotopic (exact) mass is 299 g/mol. The van der Waals surface area contributed by atoms with Crippen LogP contribution in [0.15, 0.2) is 35.7 Å². The quantitative estimate of drug-likeness (QED) is 0.562. The van der Waals surface area contributed by atoms with Crippen LogP contribution >= 0.6 is 11.3 Å². The van der Waals surface area contributed by atoms with Crippen LogP contribution in [0.5, 0.6) is 11.5 Å². The molecule has 5 nitrogen and oxygen atoms in total. The summed E-state index contributed by atoms with van der Waals surface area (Å²) in [5.74, 6) is 7.77. The van der Waals surface area contributed by atoms with Crippen molar-refractivity contribution in [2.75, 3.05) is 18.6 Å². The summed E-state index contributed by atoms with van der Waals surface area (Å²) in [7, 11) is 0. The number of nitrogen functional groups attached to an aromatic ring is 1. The van der Waals surface area contributed by atoms with Gasteiger partial charge in [0.1, 0.15) is 19.0 Å². The number of hydrazine groups is 1. The molecule has 4 rings (SSSR count). The van der Waals surface area contributed by atoms with Crippen LogP contribution < -0.4 is 20.7 Å². The summed E-state index contributed by atoms with van der Waals surface area (Å²) in [6.45, 7) is 1.14. The van der Waals surface area contributed by atoms with Crippen molar-refractivity contribution >= 4 is 28.1 Å². The Labute approximate surface area is 125 Å². The minimum absolute atomic E-state index is 0.563. The molecule has 3 aromatic rings. The Morgan fingerprint density at radius 3 is 2.67 bits per heavy atom. The fourth-order valence-corrected chi connectivity index (χ4v) is 3.18. The molecule has 1 aliphatic rings. The molecule has 1 aromatic carbocycles. The number of aromatic nitrogens is 1. The molecule has 0 bridgehead atoms. The van der Waals surface area contributed by atoms with Crippen LogP contribution in [-0.4, -0.2) is 18.2 Å². The first-order valence-corrected chi connectivity index (χ1v) is 7.48. The van der Waals surface area contributed by atoms with Gasteiger partial charge in [-0.25, -0.2) is 10.8 Å². The van der Waals surface area contributed by atoms with Crippen molar-refractivity contribution in [2.45, 2.75) is 0 Å². The third-order valence-electron chi connectivity index (χ3n) is 3.40. The van der Waals surface area contributed by atoms with Crippen molar-refractivity contribution in [3.05, 3.63) is 35.7 Å². The maximum atomic E-state index is 5.63. The van der Waals surface area contributed by atoms with E-state index in [1.54, 1.807) is 11.3 Å². The lowest BCUT2D eigenvalue weighted by Crippen LogP contribution is -2.15. The van der Waals surface area contributed by atoms with Gasteiger partial charge in [0.15, 0.2) is 11.5 Å². The number of hydrogen-bond donors (Lipinski definition) is 2. The second kappa shape index (κ2) is 4.91. The number of rotatable bonds is 2. The molecule has 0 atom stereocenters. The average Bonchev–Trinajstić information content (AvgIpc) is 3.05. The van der Waals surface area contributed by atoms with E-state index < -0.39 is 0 Å². The highest BCUT2D eigenvalue weighted by atomic mass is 32.1. The number of pyridine rings is 1. The molecule has 0 fully saturated rings. The van der Waals surface area contributed by atoms with Gasteiger partial charge in [-0.1, -0.05) is 6.07 Å². The van der Waals surface area contributed by atoms with E-state index in [0.29, 0.717) is 19.0 Å². The lowest BCUT2D eigenvalue weighted by Gasteiger charge is -2.19. The molecule has 1 aliphatic heterocycles. The molecule has 0 aliphatic carbocycles. The maximum absolute atomic E-state index is 5.63. The summed E-state index contributed by atoms with van der Waals surface area (Å²) in [5.41, 5.74) is 4.49. The molecule has 0 saturated carbocycles. The highest BCUT2D eigenvalue weighted by Gasteiger charge is 2.15. The standard InChI is InChI=1S/C15H13N3O2S/c16-18-15-10(14-2-1-5-21-14)6-9-7-12-13(8-11(9)17-15)20-4-3-19-12/h1-2,5-8H,3-4,16H2,(H,17,18). The first-order chi connectivity index (χ1) is 10.3. The zero-order valence-corrected chi connectivity index (χ0v) is 11.9. The van der Waals surface area contributed by atoms with E-state index in [1.165, 1.54) is 0 Å². The van der Waals surface area contributed by atoms with E-state index in [1.807, 2.05) is 29.6 Å². The number of hydrogen-bond acceptors (Lipinski definition) is 6. The number of anilines is 1. The van der Waals surface area contributed by atoms with Gasteiger partial charge in [0.2, 0.25) is 0 Å². The van der Waals surface area contributed by atoms with E-state index in [9.17, 15) is 0 Å². The van der Waals surface area contributed by atoms with E-state index in [-0.39, 0.29) is 0 Å². The smallest absolute Gasteiger partial charge is 0.163 e. The summed E-state index contributed by atoms with van der Waals surface area (Å²) in [6.07, 6.45) is 0. The molecule has 106 valence electrons. The topological polar surface area (TPSA) is 69.4 Å². The average molecular weight is 299 g/mol. The molecule has 0 saturated heterocycles. The molecule has 6 heteroatoms. The van der Waals surface area contributed by atoms with Crippen molar-refractivity contribution in [1.82, 2.24) is 4.98 Å². The molecule has 0 amide bonds. The lowest BCUT2D eigenvalue weighted by molar-refractivity contribution is 0.172. The lowest BCUT2D eigenvalue weighted by atomic mass is 10.1. The van der Waals surface area contributed by atoms with E-state index in [4.69, 9.17) is 15.3 Å². The van der Waals surface area contributed by atoms with Crippen LogP contribution in [0.4, 0.5) is 5.82 Å². The van der Waals surface area contributed by atoms with Gasteiger partial charge in [-0.15, -0.1) is 11.3 Å². The number of benzene rings is 1. The van der Waals surface area contributed by atoms with Gasteiger partial charge in [0, 0.05) is 21.9 Å². The predicted octanol–water partition coefficient (Wildman–Crippen LogP) is 3.02. The van der Waals surface area contributed by atoms with Crippen molar-refractivity contribution < 1.29 is 9.47 Å². The number of thiophene rings is 1. The van der Waals surface area contributed by atoms with E-state index in [0.717, 1.165) is 32.8 Å². The normalized spacial score (nSPS) is 13.4. The van der Waals surface area contributed by atoms with Crippen LogP contribution in [0.1, 0.15) is 0 Å². The molecular formula is C15H13N3O2S. The molecular weight excluding hydrogens is 286 g/mol. The van der Waals surface area contributed by atoms with E-state index in [2.05, 4.69) is 16.5 Å². The second-order valence-corrected chi connectivity index (χ2v) is 5.64. The molecule has 3 heterocycles. The Morgan fingerprint density at radius 1 is 1.14 bits per heavy atom. The van der Waals surface area contributed by atoms with Crippen LogP contribution in [0.2, 0.25) is 0 Å². The van der Waals surface area contributed by atoms with Crippen molar-refractivity contribution in [2.24, 2.45) is 5.84 Å². The maximum Gasteiger partial charge on any atom is 0.163 e. The fourth-order valence-electron chi connectivity index (χ4n) is 2.44. The SMILES string of the molecule is NNc1nc2cc3c(cc2cc1-c1cccs1)OCCO3. The number of nitrogens with zero attached hydrogens (tertiary/aromatic N) is 1. The zero-order valence-electron chi connectivity index (χ0n) is 11.1. The number of nitrogens with one attached hydrogen (secondary N) is 1. The predicted molar refractivity (Wildman–Crippen MR) is 83.9 cm³/mol. The van der Waals surface area contributed by atoms with Gasteiger partial charge >= 0.3 is 0 Å². The Morgan fingerprint density at radius 2 is 1.95 bits per heavy atom. The van der Waals surface area contributed by atoms with Crippen LogP contribution in [0.3, 0.4) is 0 Å². The largest absolute Gasteiger partial charge is 0.486 e. The molecule has 3 N–H and O–H groups in total. The summed E-state index contributed by atoms with van der Waals surface area (Å²) in [4.78, 5) is 5.71. The first kappa shape index (κ1) is 12.4. The Balaban J connectivity index is 1.95. The van der Waals surface area contributed by atoms with Crippen molar-refractivity contribution in [3.63, 3.8) is 0 Å². The number of nitrogens with two attached hydrogens (primary N) is 1.